The van der Waals surface area contributed by atoms with Gasteiger partial charge in [0, 0.05) is 18.1 Å². The van der Waals surface area contributed by atoms with Gasteiger partial charge < -0.3 is 4.57 Å². The second kappa shape index (κ2) is 7.91. The van der Waals surface area contributed by atoms with Gasteiger partial charge in [-0.05, 0) is 30.0 Å². The molecular formula is C18H21BrN6O2. The van der Waals surface area contributed by atoms with E-state index in [-0.39, 0.29) is 0 Å². The number of hydrogen-bond acceptors (Lipinski definition) is 5. The molecule has 0 bridgehead atoms. The maximum absolute atomic E-state index is 12.4. The van der Waals surface area contributed by atoms with Gasteiger partial charge in [0.15, 0.2) is 11.2 Å². The molecule has 0 amide bonds. The van der Waals surface area contributed by atoms with E-state index < -0.39 is 11.2 Å². The minimum Gasteiger partial charge on any atom is -0.303 e. The van der Waals surface area contributed by atoms with Gasteiger partial charge in [0.05, 0.1) is 6.21 Å². The van der Waals surface area contributed by atoms with E-state index in [0.29, 0.717) is 29.6 Å². The van der Waals surface area contributed by atoms with Gasteiger partial charge >= 0.3 is 5.69 Å². The summed E-state index contributed by atoms with van der Waals surface area (Å²) < 4.78 is 4.05. The molecule has 0 aliphatic heterocycles. The molecule has 0 saturated heterocycles. The first kappa shape index (κ1) is 19.1. The molecule has 0 aliphatic rings. The number of H-pyrrole nitrogens is 1. The Morgan fingerprint density at radius 2 is 2.15 bits per heavy atom. The summed E-state index contributed by atoms with van der Waals surface area (Å²) in [5.41, 5.74) is 3.56. The van der Waals surface area contributed by atoms with E-state index in [4.69, 9.17) is 0 Å². The Hall–Kier alpha value is -2.68. The third-order valence-electron chi connectivity index (χ3n) is 4.16. The van der Waals surface area contributed by atoms with E-state index in [1.165, 1.54) is 4.57 Å². The first-order chi connectivity index (χ1) is 12.9. The van der Waals surface area contributed by atoms with Crippen LogP contribution in [0.4, 0.5) is 5.95 Å². The summed E-state index contributed by atoms with van der Waals surface area (Å²) in [6.07, 6.45) is 2.53. The molecule has 2 heterocycles. The number of nitrogens with zero attached hydrogens (tertiary/aromatic N) is 4. The quantitative estimate of drug-likeness (QED) is 0.462. The van der Waals surface area contributed by atoms with Gasteiger partial charge in [-0.3, -0.25) is 14.3 Å². The topological polar surface area (TPSA) is 97.1 Å². The molecule has 8 nitrogen and oxygen atoms in total. The number of fused-ring (bicyclic) bond motifs is 1. The molecule has 0 aliphatic carbocycles. The smallest absolute Gasteiger partial charge is 0.303 e. The van der Waals surface area contributed by atoms with Crippen molar-refractivity contribution in [1.29, 1.82) is 0 Å². The minimum atomic E-state index is -0.495. The van der Waals surface area contributed by atoms with Crippen molar-refractivity contribution in [2.45, 2.75) is 26.8 Å². The van der Waals surface area contributed by atoms with Crippen molar-refractivity contribution >= 4 is 39.3 Å². The summed E-state index contributed by atoms with van der Waals surface area (Å²) in [7, 11) is 1.58. The van der Waals surface area contributed by atoms with E-state index in [1.54, 1.807) is 17.8 Å². The predicted molar refractivity (Wildman–Crippen MR) is 110 cm³/mol. The van der Waals surface area contributed by atoms with Crippen molar-refractivity contribution in [2.75, 3.05) is 5.43 Å². The number of hydrogen-bond donors (Lipinski definition) is 2. The van der Waals surface area contributed by atoms with Crippen molar-refractivity contribution in [2.24, 2.45) is 18.1 Å². The minimum absolute atomic E-state index is 0.327. The molecule has 0 atom stereocenters. The van der Waals surface area contributed by atoms with Crippen molar-refractivity contribution < 1.29 is 0 Å². The van der Waals surface area contributed by atoms with Crippen LogP contribution in [0.3, 0.4) is 0 Å². The Kier molecular flexibility index (Phi) is 5.59. The molecule has 3 aromatic rings. The van der Waals surface area contributed by atoms with Crippen LogP contribution >= 0.6 is 15.9 Å². The van der Waals surface area contributed by atoms with Crippen molar-refractivity contribution in [1.82, 2.24) is 19.1 Å². The molecule has 1 aromatic carbocycles. The van der Waals surface area contributed by atoms with Crippen LogP contribution < -0.4 is 16.7 Å². The molecule has 0 unspecified atom stereocenters. The SMILES string of the molecule is CC(C)CCn1c(NN=Cc2cccc(Br)c2)nc2c1c(=O)[nH]c(=O)n2C. The maximum atomic E-state index is 12.4. The van der Waals surface area contributed by atoms with Crippen LogP contribution in [0.25, 0.3) is 11.2 Å². The normalized spacial score (nSPS) is 11.7. The number of aryl methyl sites for hydroxylation is 2. The molecular weight excluding hydrogens is 412 g/mol. The predicted octanol–water partition coefficient (Wildman–Crippen LogP) is 2.68. The zero-order valence-electron chi connectivity index (χ0n) is 15.4. The molecule has 0 radical (unpaired) electrons. The lowest BCUT2D eigenvalue weighted by Crippen LogP contribution is -2.29. The average molecular weight is 433 g/mol. The van der Waals surface area contributed by atoms with Crippen molar-refractivity contribution in [3.63, 3.8) is 0 Å². The molecule has 0 saturated carbocycles. The van der Waals surface area contributed by atoms with Gasteiger partial charge in [-0.15, -0.1) is 0 Å². The Morgan fingerprint density at radius 3 is 2.85 bits per heavy atom. The summed E-state index contributed by atoms with van der Waals surface area (Å²) in [6.45, 7) is 4.80. The Balaban J connectivity index is 2.01. The maximum Gasteiger partial charge on any atom is 0.329 e. The number of aromatic nitrogens is 4. The fourth-order valence-electron chi connectivity index (χ4n) is 2.68. The van der Waals surface area contributed by atoms with E-state index in [1.807, 2.05) is 24.3 Å². The third kappa shape index (κ3) is 4.19. The van der Waals surface area contributed by atoms with E-state index >= 15 is 0 Å². The number of imidazole rings is 1. The van der Waals surface area contributed by atoms with Crippen LogP contribution in [-0.2, 0) is 13.6 Å². The third-order valence-corrected chi connectivity index (χ3v) is 4.66. The van der Waals surface area contributed by atoms with Crippen LogP contribution in [0.15, 0.2) is 43.4 Å². The molecule has 0 fully saturated rings. The van der Waals surface area contributed by atoms with Crippen LogP contribution in [0.2, 0.25) is 0 Å². The Morgan fingerprint density at radius 1 is 1.37 bits per heavy atom. The standard InChI is InChI=1S/C18H21BrN6O2/c1-11(2)7-8-25-14-15(24(3)18(27)22-16(14)26)21-17(25)23-20-10-12-5-4-6-13(19)9-12/h4-6,9-11H,7-8H2,1-3H3,(H,21,23)(H,22,26,27). The summed E-state index contributed by atoms with van der Waals surface area (Å²) in [5, 5.41) is 4.24. The van der Waals surface area contributed by atoms with E-state index in [2.05, 4.69) is 50.3 Å². The average Bonchev–Trinajstić information content (AvgIpc) is 2.97. The highest BCUT2D eigenvalue weighted by Crippen LogP contribution is 2.17. The van der Waals surface area contributed by atoms with Crippen molar-refractivity contribution in [3.05, 3.63) is 55.1 Å². The fourth-order valence-corrected chi connectivity index (χ4v) is 3.09. The summed E-state index contributed by atoms with van der Waals surface area (Å²) >= 11 is 3.42. The lowest BCUT2D eigenvalue weighted by molar-refractivity contribution is 0.524. The van der Waals surface area contributed by atoms with Crippen LogP contribution in [0, 0.1) is 5.92 Å². The molecule has 3 rings (SSSR count). The lowest BCUT2D eigenvalue weighted by Gasteiger charge is -2.09. The van der Waals surface area contributed by atoms with Gasteiger partial charge in [-0.2, -0.15) is 10.1 Å². The Labute approximate surface area is 164 Å². The summed E-state index contributed by atoms with van der Waals surface area (Å²) in [6, 6.07) is 7.70. The highest BCUT2D eigenvalue weighted by Gasteiger charge is 2.17. The zero-order chi connectivity index (χ0) is 19.6. The molecule has 2 N–H and O–H groups in total. The monoisotopic (exact) mass is 432 g/mol. The molecule has 2 aromatic heterocycles. The van der Waals surface area contributed by atoms with Gasteiger partial charge in [-0.25, -0.2) is 10.2 Å². The van der Waals surface area contributed by atoms with Gasteiger partial charge in [0.1, 0.15) is 0 Å². The first-order valence-corrected chi connectivity index (χ1v) is 9.40. The molecule has 142 valence electrons. The molecule has 0 spiro atoms. The highest BCUT2D eigenvalue weighted by atomic mass is 79.9. The number of rotatable bonds is 6. The van der Waals surface area contributed by atoms with Crippen LogP contribution in [0.1, 0.15) is 25.8 Å². The van der Waals surface area contributed by atoms with Gasteiger partial charge in [0.25, 0.3) is 5.56 Å². The Bertz CT molecular complexity index is 1110. The fraction of sp³-hybridized carbons (Fsp3) is 0.333. The van der Waals surface area contributed by atoms with Crippen molar-refractivity contribution in [3.8, 4) is 0 Å². The van der Waals surface area contributed by atoms with E-state index in [9.17, 15) is 9.59 Å². The number of nitrogens with one attached hydrogen (secondary N) is 2. The second-order valence-electron chi connectivity index (χ2n) is 6.69. The van der Waals surface area contributed by atoms with E-state index in [0.717, 1.165) is 16.5 Å². The van der Waals surface area contributed by atoms with Gasteiger partial charge in [-0.1, -0.05) is 41.9 Å². The number of anilines is 1. The zero-order valence-corrected chi connectivity index (χ0v) is 16.9. The second-order valence-corrected chi connectivity index (χ2v) is 7.60. The highest BCUT2D eigenvalue weighted by molar-refractivity contribution is 9.10. The molecule has 27 heavy (non-hydrogen) atoms. The number of aromatic amines is 1. The van der Waals surface area contributed by atoms with Crippen LogP contribution in [-0.4, -0.2) is 25.3 Å². The summed E-state index contributed by atoms with van der Waals surface area (Å²) in [5.74, 6) is 0.871. The number of halogens is 1. The first-order valence-electron chi connectivity index (χ1n) is 8.61. The largest absolute Gasteiger partial charge is 0.329 e. The van der Waals surface area contributed by atoms with Gasteiger partial charge in [0.2, 0.25) is 5.95 Å². The number of hydrazone groups is 1. The number of benzene rings is 1. The molecule has 9 heteroatoms. The van der Waals surface area contributed by atoms with Crippen LogP contribution in [0.5, 0.6) is 0 Å². The lowest BCUT2D eigenvalue weighted by atomic mass is 10.1. The summed E-state index contributed by atoms with van der Waals surface area (Å²) in [4.78, 5) is 31.0.